The van der Waals surface area contributed by atoms with Gasteiger partial charge >= 0.3 is 18.1 Å². The highest BCUT2D eigenvalue weighted by molar-refractivity contribution is 9.10. The largest absolute Gasteiger partial charge is 0.496 e. The number of halogens is 3. The van der Waals surface area contributed by atoms with E-state index < -0.39 is 119 Å². The van der Waals surface area contributed by atoms with Gasteiger partial charge in [-0.05, 0) is 95.5 Å². The lowest BCUT2D eigenvalue weighted by atomic mass is 9.83. The third-order valence-corrected chi connectivity index (χ3v) is 18.7. The smallest absolute Gasteiger partial charge is 0.409 e. The summed E-state index contributed by atoms with van der Waals surface area (Å²) >= 11 is 13.5. The number of alkyl carbamates (subject to hydrolysis) is 1. The van der Waals surface area contributed by atoms with Crippen LogP contribution in [0.3, 0.4) is 0 Å². The number of amides is 8. The second-order valence-electron chi connectivity index (χ2n) is 23.6. The molecule has 0 aliphatic carbocycles. The quantitative estimate of drug-likeness (QED) is 0.0164. The van der Waals surface area contributed by atoms with Crippen LogP contribution < -0.4 is 46.7 Å². The lowest BCUT2D eigenvalue weighted by molar-refractivity contribution is -0.158. The van der Waals surface area contributed by atoms with Gasteiger partial charge in [0.05, 0.1) is 44.1 Å². The van der Waals surface area contributed by atoms with Crippen molar-refractivity contribution in [2.75, 3.05) is 62.8 Å². The van der Waals surface area contributed by atoms with E-state index in [1.54, 1.807) is 52.0 Å². The van der Waals surface area contributed by atoms with E-state index in [0.29, 0.717) is 47.8 Å². The number of nitrogens with zero attached hydrogens (tertiary/aromatic N) is 2. The molecule has 90 heavy (non-hydrogen) atoms. The first kappa shape index (κ1) is 74.4. The number of primary amides is 1. The molecule has 3 heterocycles. The fraction of sp³-hybridized carbons (Fsp3) is 0.597. The molecule has 11 atom stereocenters. The van der Waals surface area contributed by atoms with Gasteiger partial charge < -0.3 is 79.9 Å². The number of esters is 1. The minimum absolute atomic E-state index is 0.0132. The Morgan fingerprint density at radius 3 is 2.30 bits per heavy atom. The highest BCUT2D eigenvalue weighted by Gasteiger charge is 2.64. The fourth-order valence-electron chi connectivity index (χ4n) is 10.7. The number of nitrogens with one attached hydrogen (secondary N) is 5. The number of likely N-dealkylation sites (N-methyl/N-ethyl adjacent to an activating group) is 1. The number of nitrogens with two attached hydrogens (primary N) is 1. The van der Waals surface area contributed by atoms with Crippen molar-refractivity contribution in [3.05, 3.63) is 70.3 Å². The average Bonchev–Trinajstić information content (AvgIpc) is 1.57. The summed E-state index contributed by atoms with van der Waals surface area (Å²) in [6.45, 7) is 12.1. The number of anilines is 2. The molecule has 8 N–H and O–H groups in total. The SMILES string of the molecule is COc1cc(NC(=O)[C@H](CCCNC(N)=O)NC(=O)[C@@H](NC(=O)CCCCC(C)OC(C=O)(CBr)CBr)C(C)C)ccc1C(=O)N(C)[C@@H](C)C(=O)O[C@H]1CC(=O)N(C)c2cc(cc(OC)c2Cl)C/C(C)=C/C=C/[C@@H](OC)[C@@]2(O)C[C@H](OC(=O)N2)[C@@H](C)[C@@H]2O[C@@]12C. The van der Waals surface area contributed by atoms with Gasteiger partial charge in [-0.25, -0.2) is 14.4 Å². The minimum Gasteiger partial charge on any atom is -0.496 e. The van der Waals surface area contributed by atoms with Crippen molar-refractivity contribution in [3.63, 3.8) is 0 Å². The highest BCUT2D eigenvalue weighted by Crippen LogP contribution is 2.49. The second kappa shape index (κ2) is 33.3. The number of alkyl halides is 2. The van der Waals surface area contributed by atoms with E-state index in [4.69, 9.17) is 50.5 Å². The maximum atomic E-state index is 14.6. The molecule has 1 unspecified atom stereocenters. The van der Waals surface area contributed by atoms with Crippen LogP contribution in [0.15, 0.2) is 54.1 Å². The van der Waals surface area contributed by atoms with Gasteiger partial charge in [0, 0.05) is 68.9 Å². The van der Waals surface area contributed by atoms with Crippen LogP contribution in [-0.2, 0) is 58.9 Å². The Morgan fingerprint density at radius 2 is 1.68 bits per heavy atom. The van der Waals surface area contributed by atoms with Crippen molar-refractivity contribution in [2.24, 2.45) is 17.6 Å². The molecule has 0 aromatic heterocycles. The van der Waals surface area contributed by atoms with Gasteiger partial charge in [0.25, 0.3) is 5.91 Å². The molecule has 498 valence electrons. The standard InChI is InChI=1S/C62H87Br2ClN8O17/c1-34(2)52(70-49(75)21-14-13-18-36(4)89-61(31-63,32-64)33-74)55(78)69-42(19-16-24-67-58(66)81)54(77)68-40-22-23-41(44(28-40)84-10)56(79)72(8)38(6)57(80)88-48-29-50(76)73(9)43-26-39(27-45(85-11)51(43)65)25-35(3)17-15-20-47(86-12)62(83)30-46(87-59(82)71-62)37(5)53-60(48,7)90-53/h15,17,20,22-23,26-28,33-34,36-38,42,46-48,52-53,83H,13-14,16,18-19,21,24-25,29-32H2,1-12H3,(H,68,77)(H,69,78)(H,70,75)(H,71,82)(H3,66,67,81)/b20-15+,35-17+/t36?,37-,38+,42+,46+,47-,48+,52+,53+,60+,62+/m1/s1. The third-order valence-electron chi connectivity index (χ3n) is 16.4. The molecule has 2 fully saturated rings. The van der Waals surface area contributed by atoms with E-state index in [-0.39, 0.29) is 66.3 Å². The number of unbranched alkanes of at least 4 members (excludes halogenated alkanes) is 1. The monoisotopic (exact) mass is 1410 g/mol. The van der Waals surface area contributed by atoms with Crippen molar-refractivity contribution >= 4 is 109 Å². The summed E-state index contributed by atoms with van der Waals surface area (Å²) in [5, 5.41) is 26.0. The van der Waals surface area contributed by atoms with Crippen molar-refractivity contribution in [3.8, 4) is 11.5 Å². The van der Waals surface area contributed by atoms with E-state index in [1.807, 2.05) is 19.9 Å². The number of carbonyl (C=O) groups is 9. The number of epoxide rings is 1. The van der Waals surface area contributed by atoms with Crippen LogP contribution in [0.25, 0.3) is 0 Å². The molecule has 28 heteroatoms. The van der Waals surface area contributed by atoms with Gasteiger partial charge in [0.1, 0.15) is 64.2 Å². The third kappa shape index (κ3) is 19.3. The molecule has 8 amide bonds. The number of rotatable bonds is 27. The lowest BCUT2D eigenvalue weighted by Crippen LogP contribution is -2.63. The molecule has 2 aromatic carbocycles. The van der Waals surface area contributed by atoms with Crippen LogP contribution in [0.5, 0.6) is 11.5 Å². The van der Waals surface area contributed by atoms with E-state index in [0.717, 1.165) is 22.3 Å². The Hall–Kier alpha value is -6.36. The van der Waals surface area contributed by atoms with Crippen LogP contribution in [0.1, 0.15) is 116 Å². The van der Waals surface area contributed by atoms with E-state index in [9.17, 15) is 48.3 Å². The molecule has 0 spiro atoms. The second-order valence-corrected chi connectivity index (χ2v) is 25.1. The predicted molar refractivity (Wildman–Crippen MR) is 343 cm³/mol. The van der Waals surface area contributed by atoms with Crippen LogP contribution in [0, 0.1) is 11.8 Å². The van der Waals surface area contributed by atoms with Gasteiger partial charge in [-0.15, -0.1) is 0 Å². The Bertz CT molecular complexity index is 2990. The van der Waals surface area contributed by atoms with Crippen molar-refractivity contribution in [1.29, 1.82) is 0 Å². The zero-order valence-electron chi connectivity index (χ0n) is 53.0. The van der Waals surface area contributed by atoms with Gasteiger partial charge in [-0.2, -0.15) is 0 Å². The summed E-state index contributed by atoms with van der Waals surface area (Å²) in [5.74, 6) is -4.64. The normalized spacial score (nSPS) is 24.2. The summed E-state index contributed by atoms with van der Waals surface area (Å²) in [6.07, 6.45) is 2.39. The molecule has 2 aromatic rings. The molecule has 2 saturated heterocycles. The molecule has 3 aliphatic heterocycles. The van der Waals surface area contributed by atoms with Gasteiger partial charge in [-0.1, -0.05) is 94.5 Å². The predicted octanol–water partition coefficient (Wildman–Crippen LogP) is 6.54. The van der Waals surface area contributed by atoms with E-state index >= 15 is 0 Å². The molecular formula is C62H87Br2ClN8O17. The van der Waals surface area contributed by atoms with E-state index in [2.05, 4.69) is 58.4 Å². The zero-order chi connectivity index (χ0) is 67.0. The number of fused-ring (bicyclic) bond motifs is 5. The van der Waals surface area contributed by atoms with Crippen LogP contribution in [-0.4, -0.2) is 182 Å². The first-order chi connectivity index (χ1) is 42.4. The minimum atomic E-state index is -1.92. The van der Waals surface area contributed by atoms with Crippen molar-refractivity contribution < 1.29 is 81.4 Å². The number of ether oxygens (including phenoxy) is 7. The topological polar surface area (TPSA) is 334 Å². The number of hydrogen-bond donors (Lipinski definition) is 7. The molecule has 25 nitrogen and oxygen atoms in total. The summed E-state index contributed by atoms with van der Waals surface area (Å²) in [6, 6.07) is 3.33. The average molecular weight is 1410 g/mol. The first-order valence-electron chi connectivity index (χ1n) is 29.7. The molecule has 5 rings (SSSR count). The number of benzene rings is 2. The molecular weight excluding hydrogens is 1320 g/mol. The molecule has 0 saturated carbocycles. The Labute approximate surface area is 547 Å². The number of aliphatic hydroxyl groups is 1. The molecule has 0 radical (unpaired) electrons. The number of aldehydes is 1. The molecule has 4 bridgehead atoms. The number of urea groups is 1. The van der Waals surface area contributed by atoms with Crippen LogP contribution in [0.4, 0.5) is 21.0 Å². The van der Waals surface area contributed by atoms with Crippen molar-refractivity contribution in [1.82, 2.24) is 26.2 Å². The number of methoxy groups -OCH3 is 3. The number of allylic oxidation sites excluding steroid dienone is 3. The van der Waals surface area contributed by atoms with Crippen LogP contribution >= 0.6 is 43.5 Å². The first-order valence-corrected chi connectivity index (χ1v) is 32.3. The molecule has 3 aliphatic rings. The summed E-state index contributed by atoms with van der Waals surface area (Å²) in [4.78, 5) is 123. The fourth-order valence-corrected chi connectivity index (χ4v) is 12.5. The van der Waals surface area contributed by atoms with E-state index in [1.165, 1.54) is 65.4 Å². The maximum Gasteiger partial charge on any atom is 0.409 e. The zero-order valence-corrected chi connectivity index (χ0v) is 57.0. The Kier molecular flexibility index (Phi) is 27.5. The lowest BCUT2D eigenvalue weighted by Gasteiger charge is -2.42. The van der Waals surface area contributed by atoms with Gasteiger partial charge in [0.2, 0.25) is 23.6 Å². The maximum absolute atomic E-state index is 14.6. The number of hydrogen-bond acceptors (Lipinski definition) is 17. The number of carbonyl (C=O) groups excluding carboxylic acids is 9. The van der Waals surface area contributed by atoms with Crippen LogP contribution in [0.2, 0.25) is 5.02 Å². The highest BCUT2D eigenvalue weighted by atomic mass is 79.9. The Balaban J connectivity index is 1.34. The summed E-state index contributed by atoms with van der Waals surface area (Å²) in [5.41, 5.74) is 2.98. The van der Waals surface area contributed by atoms with Gasteiger partial charge in [0.15, 0.2) is 12.0 Å². The van der Waals surface area contributed by atoms with Gasteiger partial charge in [-0.3, -0.25) is 29.3 Å². The summed E-state index contributed by atoms with van der Waals surface area (Å²) < 4.78 is 41.2. The summed E-state index contributed by atoms with van der Waals surface area (Å²) in [7, 11) is 7.04. The van der Waals surface area contributed by atoms with Crippen molar-refractivity contribution in [2.45, 2.75) is 172 Å². The Morgan fingerprint density at radius 1 is 0.989 bits per heavy atom.